The Morgan fingerprint density at radius 2 is 1.95 bits per heavy atom. The van der Waals surface area contributed by atoms with Crippen molar-refractivity contribution in [3.63, 3.8) is 0 Å². The Balaban J connectivity index is 2.37. The van der Waals surface area contributed by atoms with Gasteiger partial charge < -0.3 is 5.32 Å². The molecule has 0 aliphatic rings. The first kappa shape index (κ1) is 14.5. The molecule has 0 atom stereocenters. The van der Waals surface area contributed by atoms with Crippen molar-refractivity contribution < 1.29 is 4.92 Å². The van der Waals surface area contributed by atoms with Crippen molar-refractivity contribution in [1.82, 2.24) is 5.32 Å². The van der Waals surface area contributed by atoms with Crippen LogP contribution in [0.2, 0.25) is 5.02 Å². The van der Waals surface area contributed by atoms with Crippen LogP contribution >= 0.6 is 11.6 Å². The lowest BCUT2D eigenvalue weighted by molar-refractivity contribution is -0.384. The molecule has 0 saturated heterocycles. The highest BCUT2D eigenvalue weighted by atomic mass is 35.5. The Morgan fingerprint density at radius 3 is 2.65 bits per heavy atom. The SMILES string of the molecule is CCNCc1cc(-c2cccc([N+](=O)[O-])c2)ccc1Cl. The molecule has 0 spiro atoms. The lowest BCUT2D eigenvalue weighted by atomic mass is 10.0. The lowest BCUT2D eigenvalue weighted by Gasteiger charge is -2.08. The van der Waals surface area contributed by atoms with E-state index in [0.29, 0.717) is 11.6 Å². The summed E-state index contributed by atoms with van der Waals surface area (Å²) in [4.78, 5) is 10.4. The molecular formula is C15H15ClN2O2. The first-order valence-corrected chi connectivity index (χ1v) is 6.73. The van der Waals surface area contributed by atoms with Gasteiger partial charge in [-0.1, -0.05) is 36.7 Å². The number of nitro groups is 1. The van der Waals surface area contributed by atoms with Crippen molar-refractivity contribution in [2.24, 2.45) is 0 Å². The van der Waals surface area contributed by atoms with E-state index in [2.05, 4.69) is 5.32 Å². The van der Waals surface area contributed by atoms with Gasteiger partial charge in [0, 0.05) is 23.7 Å². The lowest BCUT2D eigenvalue weighted by Crippen LogP contribution is -2.12. The summed E-state index contributed by atoms with van der Waals surface area (Å²) < 4.78 is 0. The minimum Gasteiger partial charge on any atom is -0.313 e. The van der Waals surface area contributed by atoms with Gasteiger partial charge in [-0.2, -0.15) is 0 Å². The smallest absolute Gasteiger partial charge is 0.270 e. The number of hydrogen-bond donors (Lipinski definition) is 1. The largest absolute Gasteiger partial charge is 0.313 e. The molecule has 2 rings (SSSR count). The van der Waals surface area contributed by atoms with Gasteiger partial charge >= 0.3 is 0 Å². The zero-order valence-corrected chi connectivity index (χ0v) is 11.9. The molecule has 0 fully saturated rings. The fourth-order valence-electron chi connectivity index (χ4n) is 1.95. The second-order valence-electron chi connectivity index (χ2n) is 4.39. The van der Waals surface area contributed by atoms with Crippen LogP contribution in [0.15, 0.2) is 42.5 Å². The number of nitrogens with zero attached hydrogens (tertiary/aromatic N) is 1. The minimum atomic E-state index is -0.390. The highest BCUT2D eigenvalue weighted by Gasteiger charge is 2.08. The van der Waals surface area contributed by atoms with Gasteiger partial charge in [-0.15, -0.1) is 0 Å². The van der Waals surface area contributed by atoms with Crippen LogP contribution in [0.1, 0.15) is 12.5 Å². The summed E-state index contributed by atoms with van der Waals surface area (Å²) in [5.74, 6) is 0. The highest BCUT2D eigenvalue weighted by molar-refractivity contribution is 6.31. The molecule has 0 unspecified atom stereocenters. The predicted molar refractivity (Wildman–Crippen MR) is 80.9 cm³/mol. The van der Waals surface area contributed by atoms with Crippen LogP contribution in [0.25, 0.3) is 11.1 Å². The number of hydrogen-bond acceptors (Lipinski definition) is 3. The van der Waals surface area contributed by atoms with E-state index in [0.717, 1.165) is 23.2 Å². The van der Waals surface area contributed by atoms with E-state index in [9.17, 15) is 10.1 Å². The molecule has 4 nitrogen and oxygen atoms in total. The molecule has 104 valence electrons. The zero-order chi connectivity index (χ0) is 14.5. The molecule has 0 aliphatic heterocycles. The summed E-state index contributed by atoms with van der Waals surface area (Å²) in [6.07, 6.45) is 0. The topological polar surface area (TPSA) is 55.2 Å². The van der Waals surface area contributed by atoms with Gasteiger partial charge in [-0.3, -0.25) is 10.1 Å². The van der Waals surface area contributed by atoms with E-state index in [1.54, 1.807) is 12.1 Å². The summed E-state index contributed by atoms with van der Waals surface area (Å²) in [6.45, 7) is 3.56. The maximum atomic E-state index is 10.8. The van der Waals surface area contributed by atoms with E-state index in [-0.39, 0.29) is 10.6 Å². The van der Waals surface area contributed by atoms with Crippen LogP contribution < -0.4 is 5.32 Å². The average molecular weight is 291 g/mol. The number of halogens is 1. The standard InChI is InChI=1S/C15H15ClN2O2/c1-2-17-10-13-8-12(6-7-15(13)16)11-4-3-5-14(9-11)18(19)20/h3-9,17H,2,10H2,1H3. The fraction of sp³-hybridized carbons (Fsp3) is 0.200. The predicted octanol–water partition coefficient (Wildman–Crippen LogP) is 4.02. The van der Waals surface area contributed by atoms with Crippen molar-refractivity contribution in [3.05, 3.63) is 63.2 Å². The number of nitrogens with one attached hydrogen (secondary N) is 1. The van der Waals surface area contributed by atoms with E-state index in [1.807, 2.05) is 31.2 Å². The minimum absolute atomic E-state index is 0.0886. The number of nitro benzene ring substituents is 1. The van der Waals surface area contributed by atoms with Gasteiger partial charge in [0.05, 0.1) is 4.92 Å². The van der Waals surface area contributed by atoms with Gasteiger partial charge in [-0.25, -0.2) is 0 Å². The summed E-state index contributed by atoms with van der Waals surface area (Å²) in [7, 11) is 0. The van der Waals surface area contributed by atoms with Crippen molar-refractivity contribution in [3.8, 4) is 11.1 Å². The van der Waals surface area contributed by atoms with E-state index >= 15 is 0 Å². The maximum absolute atomic E-state index is 10.8. The molecule has 0 heterocycles. The van der Waals surface area contributed by atoms with Crippen molar-refractivity contribution in [2.75, 3.05) is 6.54 Å². The Morgan fingerprint density at radius 1 is 1.20 bits per heavy atom. The molecule has 20 heavy (non-hydrogen) atoms. The van der Waals surface area contributed by atoms with Gasteiger partial charge in [0.1, 0.15) is 0 Å². The highest BCUT2D eigenvalue weighted by Crippen LogP contribution is 2.27. The third-order valence-corrected chi connectivity index (χ3v) is 3.37. The summed E-state index contributed by atoms with van der Waals surface area (Å²) in [6, 6.07) is 12.3. The Bertz CT molecular complexity index is 629. The Hall–Kier alpha value is -1.91. The molecule has 2 aromatic carbocycles. The van der Waals surface area contributed by atoms with E-state index in [1.165, 1.54) is 6.07 Å². The van der Waals surface area contributed by atoms with Crippen molar-refractivity contribution >= 4 is 17.3 Å². The van der Waals surface area contributed by atoms with Gasteiger partial charge in [0.2, 0.25) is 0 Å². The molecule has 2 aromatic rings. The molecule has 0 aromatic heterocycles. The third-order valence-electron chi connectivity index (χ3n) is 3.00. The van der Waals surface area contributed by atoms with Crippen LogP contribution in [0, 0.1) is 10.1 Å². The van der Waals surface area contributed by atoms with Crippen LogP contribution in [0.4, 0.5) is 5.69 Å². The number of rotatable bonds is 5. The molecule has 1 N–H and O–H groups in total. The second-order valence-corrected chi connectivity index (χ2v) is 4.80. The quantitative estimate of drug-likeness (QED) is 0.668. The van der Waals surface area contributed by atoms with Gasteiger partial charge in [-0.05, 0) is 35.4 Å². The molecule has 5 heteroatoms. The zero-order valence-electron chi connectivity index (χ0n) is 11.1. The van der Waals surface area contributed by atoms with Crippen molar-refractivity contribution in [1.29, 1.82) is 0 Å². The normalized spacial score (nSPS) is 10.5. The Labute approximate surface area is 122 Å². The first-order valence-electron chi connectivity index (χ1n) is 6.35. The number of benzene rings is 2. The van der Waals surface area contributed by atoms with Crippen LogP contribution in [0.3, 0.4) is 0 Å². The summed E-state index contributed by atoms with van der Waals surface area (Å²) >= 11 is 6.15. The van der Waals surface area contributed by atoms with E-state index < -0.39 is 0 Å². The van der Waals surface area contributed by atoms with E-state index in [4.69, 9.17) is 11.6 Å². The summed E-state index contributed by atoms with van der Waals surface area (Å²) in [5.41, 5.74) is 2.81. The van der Waals surface area contributed by atoms with Gasteiger partial charge in [0.15, 0.2) is 0 Å². The van der Waals surface area contributed by atoms with Crippen molar-refractivity contribution in [2.45, 2.75) is 13.5 Å². The Kier molecular flexibility index (Phi) is 4.71. The third kappa shape index (κ3) is 3.35. The molecule has 0 radical (unpaired) electrons. The molecule has 0 bridgehead atoms. The molecule has 0 aliphatic carbocycles. The summed E-state index contributed by atoms with van der Waals surface area (Å²) in [5, 5.41) is 14.7. The van der Waals surface area contributed by atoms with Gasteiger partial charge in [0.25, 0.3) is 5.69 Å². The van der Waals surface area contributed by atoms with Crippen LogP contribution in [-0.2, 0) is 6.54 Å². The fourth-order valence-corrected chi connectivity index (χ4v) is 2.13. The first-order chi connectivity index (χ1) is 9.61. The van der Waals surface area contributed by atoms with Crippen LogP contribution in [-0.4, -0.2) is 11.5 Å². The molecule has 0 saturated carbocycles. The molecule has 0 amide bonds. The number of non-ortho nitro benzene ring substituents is 1. The monoisotopic (exact) mass is 290 g/mol. The average Bonchev–Trinajstić information content (AvgIpc) is 2.46. The maximum Gasteiger partial charge on any atom is 0.270 e. The molecular weight excluding hydrogens is 276 g/mol. The van der Waals surface area contributed by atoms with Crippen LogP contribution in [0.5, 0.6) is 0 Å². The second kappa shape index (κ2) is 6.50.